The summed E-state index contributed by atoms with van der Waals surface area (Å²) < 4.78 is 15.6. The minimum absolute atomic E-state index is 0.00187. The Morgan fingerprint density at radius 3 is 1.19 bits per heavy atom. The fourth-order valence-corrected chi connectivity index (χ4v) is 12.0. The molecule has 58 heavy (non-hydrogen) atoms. The van der Waals surface area contributed by atoms with Crippen LogP contribution in [0.25, 0.3) is 76.8 Å². The maximum atomic E-state index is 6.77. The van der Waals surface area contributed by atoms with E-state index in [-0.39, 0.29) is 13.4 Å². The monoisotopic (exact) mass is 862 g/mol. The SMILES string of the molecule is Brc1cc2c3c(c1)-c1cc(-c4ccccc4)c4cc5c6c(cc(-c7ccccc7)c7cc(c1c4c76)B3c1ccccc1O2)-c1cc(Br)cc2c1B5c1ccccc1O2. The summed E-state index contributed by atoms with van der Waals surface area (Å²) in [4.78, 5) is 0. The van der Waals surface area contributed by atoms with Crippen LogP contribution in [0.15, 0.2) is 167 Å². The molecule has 0 spiro atoms. The van der Waals surface area contributed by atoms with E-state index in [1.54, 1.807) is 0 Å². The molecule has 4 aliphatic rings. The molecular formula is C52H26B2Br2O2. The number of fused-ring (bicyclic) bond motifs is 8. The van der Waals surface area contributed by atoms with Gasteiger partial charge in [0.15, 0.2) is 0 Å². The first-order valence-corrected chi connectivity index (χ1v) is 21.4. The topological polar surface area (TPSA) is 18.5 Å². The lowest BCUT2D eigenvalue weighted by molar-refractivity contribution is 0.487. The highest BCUT2D eigenvalue weighted by molar-refractivity contribution is 9.10. The lowest BCUT2D eigenvalue weighted by atomic mass is 9.32. The van der Waals surface area contributed by atoms with Crippen molar-refractivity contribution in [3.8, 4) is 67.5 Å². The van der Waals surface area contributed by atoms with Crippen LogP contribution in [-0.4, -0.2) is 13.4 Å². The van der Waals surface area contributed by atoms with Crippen LogP contribution in [0.1, 0.15) is 0 Å². The standard InChI is InChI=1S/C52H26B2Br2O2/c55-29-19-37-33-23-31(27-11-3-1-4-12-27)35-25-41-48-34(38-20-30(56)22-46-52(38)53(41)39-15-7-9-17-43(39)58-46)24-32(28-13-5-2-6-14-28)36-26-42(47(33)49(35)50(36)48)54-40-16-8-10-18-44(40)57-45(21-29)51(37)54/h1-26H. The highest BCUT2D eigenvalue weighted by Gasteiger charge is 2.44. The summed E-state index contributed by atoms with van der Waals surface area (Å²) >= 11 is 7.84. The Bertz CT molecular complexity index is 3260. The van der Waals surface area contributed by atoms with Gasteiger partial charge in [-0.1, -0.05) is 152 Å². The molecule has 266 valence electrons. The molecule has 0 unspecified atom stereocenters. The smallest absolute Gasteiger partial charge is 0.252 e. The van der Waals surface area contributed by atoms with E-state index in [2.05, 4.69) is 190 Å². The van der Waals surface area contributed by atoms with Gasteiger partial charge >= 0.3 is 0 Å². The summed E-state index contributed by atoms with van der Waals surface area (Å²) in [5.74, 6) is 3.66. The third-order valence-corrected chi connectivity index (χ3v) is 14.1. The highest BCUT2D eigenvalue weighted by Crippen LogP contribution is 2.51. The van der Waals surface area contributed by atoms with Crippen molar-refractivity contribution in [3.05, 3.63) is 167 Å². The summed E-state index contributed by atoms with van der Waals surface area (Å²) in [6.07, 6.45) is 0. The Labute approximate surface area is 351 Å². The van der Waals surface area contributed by atoms with Crippen LogP contribution in [0.4, 0.5) is 0 Å². The molecule has 10 aromatic carbocycles. The van der Waals surface area contributed by atoms with E-state index < -0.39 is 0 Å². The molecule has 0 saturated carbocycles. The van der Waals surface area contributed by atoms with Crippen molar-refractivity contribution in [2.75, 3.05) is 0 Å². The fourth-order valence-electron chi connectivity index (χ4n) is 11.1. The minimum Gasteiger partial charge on any atom is -0.458 e. The molecule has 0 saturated heterocycles. The predicted molar refractivity (Wildman–Crippen MR) is 250 cm³/mol. The molecular weight excluding hydrogens is 838 g/mol. The molecule has 0 aromatic heterocycles. The van der Waals surface area contributed by atoms with Crippen molar-refractivity contribution < 1.29 is 9.47 Å². The summed E-state index contributed by atoms with van der Waals surface area (Å²) in [6.45, 7) is 0.00374. The molecule has 0 N–H and O–H groups in total. The van der Waals surface area contributed by atoms with E-state index >= 15 is 0 Å². The third kappa shape index (κ3) is 4.04. The van der Waals surface area contributed by atoms with Crippen LogP contribution in [0.3, 0.4) is 0 Å². The molecule has 0 atom stereocenters. The highest BCUT2D eigenvalue weighted by atomic mass is 79.9. The molecule has 0 amide bonds. The third-order valence-electron chi connectivity index (χ3n) is 13.2. The number of para-hydroxylation sites is 2. The van der Waals surface area contributed by atoms with E-state index in [0.29, 0.717) is 0 Å². The van der Waals surface area contributed by atoms with Crippen LogP contribution in [-0.2, 0) is 0 Å². The molecule has 0 aliphatic carbocycles. The lowest BCUT2D eigenvalue weighted by Crippen LogP contribution is -2.58. The fraction of sp³-hybridized carbons (Fsp3) is 0. The zero-order valence-electron chi connectivity index (χ0n) is 30.7. The second-order valence-corrected chi connectivity index (χ2v) is 17.9. The number of benzene rings is 10. The van der Waals surface area contributed by atoms with E-state index in [1.165, 1.54) is 110 Å². The first kappa shape index (κ1) is 32.0. The van der Waals surface area contributed by atoms with E-state index in [4.69, 9.17) is 9.47 Å². The van der Waals surface area contributed by atoms with Gasteiger partial charge in [-0.3, -0.25) is 0 Å². The van der Waals surface area contributed by atoms with Gasteiger partial charge in [0.2, 0.25) is 0 Å². The second kappa shape index (κ2) is 11.3. The Balaban J connectivity index is 1.26. The maximum absolute atomic E-state index is 6.77. The first-order chi connectivity index (χ1) is 28.6. The van der Waals surface area contributed by atoms with E-state index in [0.717, 1.165) is 31.9 Å². The van der Waals surface area contributed by atoms with Crippen molar-refractivity contribution in [2.45, 2.75) is 0 Å². The first-order valence-electron chi connectivity index (χ1n) is 19.8. The maximum Gasteiger partial charge on any atom is 0.252 e. The van der Waals surface area contributed by atoms with Crippen LogP contribution in [0.2, 0.25) is 0 Å². The van der Waals surface area contributed by atoms with Gasteiger partial charge in [-0.15, -0.1) is 0 Å². The molecule has 10 aromatic rings. The number of hydrogen-bond acceptors (Lipinski definition) is 2. The summed E-state index contributed by atoms with van der Waals surface area (Å²) in [5.41, 5.74) is 17.4. The number of ether oxygens (including phenoxy) is 2. The minimum atomic E-state index is 0.00187. The average molecular weight is 864 g/mol. The van der Waals surface area contributed by atoms with Crippen molar-refractivity contribution >= 4 is 110 Å². The Kier molecular flexibility index (Phi) is 6.23. The lowest BCUT2D eigenvalue weighted by Gasteiger charge is -2.37. The van der Waals surface area contributed by atoms with Gasteiger partial charge in [0, 0.05) is 8.95 Å². The summed E-state index contributed by atoms with van der Waals surface area (Å²) in [7, 11) is 0. The Morgan fingerprint density at radius 2 is 0.741 bits per heavy atom. The van der Waals surface area contributed by atoms with Gasteiger partial charge in [0.1, 0.15) is 23.0 Å². The zero-order chi connectivity index (χ0) is 38.0. The predicted octanol–water partition coefficient (Wildman–Crippen LogP) is 10.6. The van der Waals surface area contributed by atoms with E-state index in [9.17, 15) is 0 Å². The number of halogens is 2. The normalized spacial score (nSPS) is 13.6. The summed E-state index contributed by atoms with van der Waals surface area (Å²) in [5, 5.41) is 7.88. The van der Waals surface area contributed by atoms with Crippen LogP contribution < -0.4 is 42.3 Å². The van der Waals surface area contributed by atoms with Crippen LogP contribution >= 0.6 is 31.9 Å². The second-order valence-electron chi connectivity index (χ2n) is 16.1. The Hall–Kier alpha value is -6.07. The molecule has 14 rings (SSSR count). The van der Waals surface area contributed by atoms with Crippen molar-refractivity contribution in [1.82, 2.24) is 0 Å². The molecule has 6 heteroatoms. The largest absolute Gasteiger partial charge is 0.458 e. The zero-order valence-corrected chi connectivity index (χ0v) is 33.9. The number of hydrogen-bond donors (Lipinski definition) is 0. The quantitative estimate of drug-likeness (QED) is 0.127. The van der Waals surface area contributed by atoms with Gasteiger partial charge in [0.25, 0.3) is 13.4 Å². The average Bonchev–Trinajstić information content (AvgIpc) is 3.26. The van der Waals surface area contributed by atoms with Crippen molar-refractivity contribution in [3.63, 3.8) is 0 Å². The molecule has 0 fully saturated rings. The van der Waals surface area contributed by atoms with Gasteiger partial charge in [0.05, 0.1) is 0 Å². The number of rotatable bonds is 2. The van der Waals surface area contributed by atoms with Crippen molar-refractivity contribution in [2.24, 2.45) is 0 Å². The van der Waals surface area contributed by atoms with Crippen molar-refractivity contribution in [1.29, 1.82) is 0 Å². The molecule has 2 nitrogen and oxygen atoms in total. The Morgan fingerprint density at radius 1 is 0.328 bits per heavy atom. The van der Waals surface area contributed by atoms with Gasteiger partial charge < -0.3 is 9.47 Å². The summed E-state index contributed by atoms with van der Waals surface area (Å²) in [6, 6.07) is 58.2. The van der Waals surface area contributed by atoms with E-state index in [1.807, 2.05) is 0 Å². The van der Waals surface area contributed by atoms with Gasteiger partial charge in [-0.25, -0.2) is 0 Å². The van der Waals surface area contributed by atoms with Gasteiger partial charge in [-0.05, 0) is 147 Å². The van der Waals surface area contributed by atoms with Gasteiger partial charge in [-0.2, -0.15) is 0 Å². The van der Waals surface area contributed by atoms with Crippen LogP contribution in [0.5, 0.6) is 23.0 Å². The molecule has 0 bridgehead atoms. The molecule has 0 radical (unpaired) electrons. The molecule has 4 heterocycles. The molecule has 4 aliphatic heterocycles. The van der Waals surface area contributed by atoms with Crippen LogP contribution in [0, 0.1) is 0 Å².